The molecule has 0 fully saturated rings. The number of hydrogen-bond acceptors (Lipinski definition) is 5. The van der Waals surface area contributed by atoms with Crippen LogP contribution in [0.3, 0.4) is 0 Å². The molecule has 4 aromatic rings. The van der Waals surface area contributed by atoms with E-state index in [1.165, 1.54) is 0 Å². The quantitative estimate of drug-likeness (QED) is 0.469. The van der Waals surface area contributed by atoms with Gasteiger partial charge in [-0.2, -0.15) is 0 Å². The third-order valence-corrected chi connectivity index (χ3v) is 4.68. The second kappa shape index (κ2) is 5.44. The summed E-state index contributed by atoms with van der Waals surface area (Å²) in [7, 11) is 0. The predicted octanol–water partition coefficient (Wildman–Crippen LogP) is 5.88. The second-order valence-corrected chi connectivity index (χ2v) is 6.52. The van der Waals surface area contributed by atoms with Crippen molar-refractivity contribution in [2.45, 2.75) is 6.92 Å². The number of fused-ring (bicyclic) bond motifs is 2. The minimum Gasteiger partial charge on any atom is -0.507 e. The number of phenolic OH excluding ortho intramolecular Hbond substituents is 1. The van der Waals surface area contributed by atoms with Crippen molar-refractivity contribution < 1.29 is 5.11 Å². The third kappa shape index (κ3) is 2.55. The Labute approximate surface area is 136 Å². The highest BCUT2D eigenvalue weighted by molar-refractivity contribution is 7.19. The number of hydrogen-bond donors (Lipinski definition) is 1. The average Bonchev–Trinajstić information content (AvgIpc) is 2.97. The molecule has 0 aliphatic carbocycles. The SMILES string of the molecule is Cc1cc2c(O)ccc(N=Nc3ccc4ccccc4n3)c2s1. The van der Waals surface area contributed by atoms with Gasteiger partial charge in [-0.3, -0.25) is 0 Å². The Bertz CT molecular complexity index is 1050. The fourth-order valence-corrected chi connectivity index (χ4v) is 3.50. The van der Waals surface area contributed by atoms with Gasteiger partial charge in [0, 0.05) is 15.6 Å². The number of rotatable bonds is 2. The number of aromatic hydroxyl groups is 1. The van der Waals surface area contributed by atoms with Gasteiger partial charge in [0.2, 0.25) is 0 Å². The van der Waals surface area contributed by atoms with E-state index in [-0.39, 0.29) is 5.75 Å². The molecule has 0 saturated carbocycles. The molecule has 0 radical (unpaired) electrons. The minimum atomic E-state index is 0.270. The lowest BCUT2D eigenvalue weighted by molar-refractivity contribution is 0.482. The number of para-hydroxylation sites is 1. The van der Waals surface area contributed by atoms with Gasteiger partial charge < -0.3 is 5.11 Å². The highest BCUT2D eigenvalue weighted by Gasteiger charge is 2.08. The first-order valence-electron chi connectivity index (χ1n) is 7.20. The standard InChI is InChI=1S/C18H13N3OS/c1-11-10-13-16(22)8-7-15(18(13)23-11)20-21-17-9-6-12-4-2-3-5-14(12)19-17/h2-10,22H,1H3. The summed E-state index contributed by atoms with van der Waals surface area (Å²) in [6, 6.07) is 17.1. The van der Waals surface area contributed by atoms with Gasteiger partial charge in [0.1, 0.15) is 11.4 Å². The molecule has 4 nitrogen and oxygen atoms in total. The number of benzene rings is 2. The van der Waals surface area contributed by atoms with Crippen LogP contribution in [0, 0.1) is 6.92 Å². The van der Waals surface area contributed by atoms with Gasteiger partial charge in [0.05, 0.1) is 10.2 Å². The molecule has 2 heterocycles. The molecule has 0 atom stereocenters. The largest absolute Gasteiger partial charge is 0.507 e. The monoisotopic (exact) mass is 319 g/mol. The summed E-state index contributed by atoms with van der Waals surface area (Å²) in [6.07, 6.45) is 0. The van der Waals surface area contributed by atoms with Gasteiger partial charge in [-0.25, -0.2) is 4.98 Å². The lowest BCUT2D eigenvalue weighted by Gasteiger charge is -1.99. The van der Waals surface area contributed by atoms with Gasteiger partial charge >= 0.3 is 0 Å². The van der Waals surface area contributed by atoms with Crippen LogP contribution < -0.4 is 0 Å². The Hall–Kier alpha value is -2.79. The highest BCUT2D eigenvalue weighted by Crippen LogP contribution is 2.39. The van der Waals surface area contributed by atoms with Crippen LogP contribution in [0.2, 0.25) is 0 Å². The number of phenols is 1. The molecular weight excluding hydrogens is 306 g/mol. The van der Waals surface area contributed by atoms with Crippen LogP contribution in [0.15, 0.2) is 64.8 Å². The Balaban J connectivity index is 1.76. The van der Waals surface area contributed by atoms with Crippen molar-refractivity contribution in [3.05, 3.63) is 59.5 Å². The lowest BCUT2D eigenvalue weighted by Crippen LogP contribution is -1.77. The maximum atomic E-state index is 9.93. The first-order chi connectivity index (χ1) is 11.2. The molecule has 0 unspecified atom stereocenters. The van der Waals surface area contributed by atoms with Crippen LogP contribution in [0.5, 0.6) is 5.75 Å². The topological polar surface area (TPSA) is 57.8 Å². The molecule has 1 N–H and O–H groups in total. The minimum absolute atomic E-state index is 0.270. The maximum Gasteiger partial charge on any atom is 0.174 e. The van der Waals surface area contributed by atoms with Crippen LogP contribution >= 0.6 is 11.3 Å². The van der Waals surface area contributed by atoms with Gasteiger partial charge in [0.15, 0.2) is 5.82 Å². The van der Waals surface area contributed by atoms with Crippen molar-refractivity contribution >= 4 is 43.8 Å². The van der Waals surface area contributed by atoms with Crippen molar-refractivity contribution in [2.24, 2.45) is 10.2 Å². The first kappa shape index (κ1) is 13.8. The van der Waals surface area contributed by atoms with E-state index in [1.807, 2.05) is 49.4 Å². The summed E-state index contributed by atoms with van der Waals surface area (Å²) >= 11 is 1.60. The molecule has 0 spiro atoms. The number of pyridine rings is 1. The Morgan fingerprint density at radius 1 is 1.00 bits per heavy atom. The van der Waals surface area contributed by atoms with Crippen LogP contribution in [-0.4, -0.2) is 10.1 Å². The molecule has 4 rings (SSSR count). The van der Waals surface area contributed by atoms with Crippen molar-refractivity contribution in [1.82, 2.24) is 4.98 Å². The van der Waals surface area contributed by atoms with Crippen LogP contribution in [-0.2, 0) is 0 Å². The molecule has 0 aliphatic heterocycles. The molecule has 2 aromatic carbocycles. The molecule has 2 aromatic heterocycles. The summed E-state index contributed by atoms with van der Waals surface area (Å²) in [5.74, 6) is 0.838. The second-order valence-electron chi connectivity index (χ2n) is 5.27. The Morgan fingerprint density at radius 2 is 1.87 bits per heavy atom. The molecule has 0 bridgehead atoms. The van der Waals surface area contributed by atoms with Crippen LogP contribution in [0.1, 0.15) is 4.88 Å². The molecule has 23 heavy (non-hydrogen) atoms. The fraction of sp³-hybridized carbons (Fsp3) is 0.0556. The predicted molar refractivity (Wildman–Crippen MR) is 94.1 cm³/mol. The van der Waals surface area contributed by atoms with Crippen molar-refractivity contribution in [1.29, 1.82) is 0 Å². The third-order valence-electron chi connectivity index (χ3n) is 3.61. The summed E-state index contributed by atoms with van der Waals surface area (Å²) < 4.78 is 0.937. The van der Waals surface area contributed by atoms with Crippen molar-refractivity contribution in [3.8, 4) is 5.75 Å². The van der Waals surface area contributed by atoms with E-state index >= 15 is 0 Å². The average molecular weight is 319 g/mol. The van der Waals surface area contributed by atoms with E-state index < -0.39 is 0 Å². The number of aryl methyl sites for hydroxylation is 1. The van der Waals surface area contributed by atoms with E-state index in [0.29, 0.717) is 5.82 Å². The van der Waals surface area contributed by atoms with Gasteiger partial charge in [-0.05, 0) is 43.3 Å². The first-order valence-corrected chi connectivity index (χ1v) is 8.02. The molecule has 112 valence electrons. The fourth-order valence-electron chi connectivity index (χ4n) is 2.51. The van der Waals surface area contributed by atoms with Crippen molar-refractivity contribution in [3.63, 3.8) is 0 Å². The van der Waals surface area contributed by atoms with E-state index in [1.54, 1.807) is 23.5 Å². The highest BCUT2D eigenvalue weighted by atomic mass is 32.1. The smallest absolute Gasteiger partial charge is 0.174 e. The summed E-state index contributed by atoms with van der Waals surface area (Å²) in [5, 5.41) is 20.4. The van der Waals surface area contributed by atoms with Gasteiger partial charge in [-0.1, -0.05) is 18.2 Å². The Kier molecular flexibility index (Phi) is 3.28. The zero-order valence-electron chi connectivity index (χ0n) is 12.4. The molecule has 0 amide bonds. The number of aromatic nitrogens is 1. The summed E-state index contributed by atoms with van der Waals surface area (Å²) in [4.78, 5) is 5.61. The van der Waals surface area contributed by atoms with Gasteiger partial charge in [-0.15, -0.1) is 21.6 Å². The zero-order valence-corrected chi connectivity index (χ0v) is 13.2. The van der Waals surface area contributed by atoms with E-state index in [9.17, 15) is 5.11 Å². The summed E-state index contributed by atoms with van der Waals surface area (Å²) in [5.41, 5.74) is 1.64. The van der Waals surface area contributed by atoms with Crippen LogP contribution in [0.25, 0.3) is 21.0 Å². The maximum absolute atomic E-state index is 9.93. The van der Waals surface area contributed by atoms with Gasteiger partial charge in [0.25, 0.3) is 0 Å². The number of azo groups is 1. The van der Waals surface area contributed by atoms with Crippen LogP contribution in [0.4, 0.5) is 11.5 Å². The zero-order chi connectivity index (χ0) is 15.8. The van der Waals surface area contributed by atoms with E-state index in [4.69, 9.17) is 0 Å². The van der Waals surface area contributed by atoms with E-state index in [2.05, 4.69) is 15.2 Å². The van der Waals surface area contributed by atoms with Crippen molar-refractivity contribution in [2.75, 3.05) is 0 Å². The number of nitrogens with zero attached hydrogens (tertiary/aromatic N) is 3. The normalized spacial score (nSPS) is 11.7. The molecule has 0 aliphatic rings. The van der Waals surface area contributed by atoms with E-state index in [0.717, 1.165) is 31.6 Å². The lowest BCUT2D eigenvalue weighted by atomic mass is 10.2. The Morgan fingerprint density at radius 3 is 2.78 bits per heavy atom. The molecular formula is C18H13N3OS. The molecule has 0 saturated heterocycles. The number of thiophene rings is 1. The summed E-state index contributed by atoms with van der Waals surface area (Å²) in [6.45, 7) is 2.01. The molecule has 5 heteroatoms.